The van der Waals surface area contributed by atoms with E-state index < -0.39 is 0 Å². The molecule has 0 bridgehead atoms. The molecule has 0 spiro atoms. The number of nitrogens with one attached hydrogen (secondary N) is 1. The summed E-state index contributed by atoms with van der Waals surface area (Å²) in [7, 11) is 0. The van der Waals surface area contributed by atoms with Crippen molar-refractivity contribution < 1.29 is 4.42 Å². The van der Waals surface area contributed by atoms with Crippen molar-refractivity contribution in [1.82, 2.24) is 9.55 Å². The van der Waals surface area contributed by atoms with Crippen LogP contribution in [0.2, 0.25) is 0 Å². The summed E-state index contributed by atoms with van der Waals surface area (Å²) in [5.74, 6) is 0.634. The van der Waals surface area contributed by atoms with Crippen LogP contribution in [0.1, 0.15) is 11.1 Å². The van der Waals surface area contributed by atoms with Gasteiger partial charge in [-0.1, -0.05) is 140 Å². The first-order chi connectivity index (χ1) is 28.2. The Kier molecular flexibility index (Phi) is 8.82. The number of hydrogen-bond donors (Lipinski definition) is 1. The molecule has 10 rings (SSSR count). The van der Waals surface area contributed by atoms with Crippen molar-refractivity contribution in [2.75, 3.05) is 5.32 Å². The molecule has 10 aromatic rings. The van der Waals surface area contributed by atoms with E-state index in [-0.39, 0.29) is 0 Å². The molecule has 0 saturated heterocycles. The third-order valence-corrected chi connectivity index (χ3v) is 10.5. The minimum atomic E-state index is 0.634. The van der Waals surface area contributed by atoms with Crippen LogP contribution in [0, 0.1) is 0 Å². The van der Waals surface area contributed by atoms with E-state index >= 15 is 0 Å². The summed E-state index contributed by atoms with van der Waals surface area (Å²) in [4.78, 5) is 4.77. The molecule has 2 heterocycles. The number of allylic oxidation sites excluding steroid dienone is 4. The Morgan fingerprint density at radius 3 is 2.09 bits per heavy atom. The first kappa shape index (κ1) is 33.8. The average molecular weight is 732 g/mol. The highest BCUT2D eigenvalue weighted by atomic mass is 16.3. The maximum atomic E-state index is 6.32. The van der Waals surface area contributed by atoms with Crippen LogP contribution in [0.5, 0.6) is 0 Å². The molecule has 0 aliphatic heterocycles. The maximum absolute atomic E-state index is 6.32. The van der Waals surface area contributed by atoms with Gasteiger partial charge in [-0.05, 0) is 106 Å². The zero-order valence-corrected chi connectivity index (χ0v) is 31.1. The lowest BCUT2D eigenvalue weighted by atomic mass is 10.0. The molecule has 2 aromatic heterocycles. The Hall–Kier alpha value is -7.69. The molecular formula is C53H37N3O. The summed E-state index contributed by atoms with van der Waals surface area (Å²) in [5.41, 5.74) is 12.9. The van der Waals surface area contributed by atoms with Gasteiger partial charge < -0.3 is 14.3 Å². The second-order valence-corrected chi connectivity index (χ2v) is 14.1. The molecule has 8 aromatic carbocycles. The second-order valence-electron chi connectivity index (χ2n) is 14.1. The lowest BCUT2D eigenvalue weighted by Crippen LogP contribution is -1.92. The number of nitrogens with zero attached hydrogens (tertiary/aromatic N) is 2. The number of benzene rings is 8. The zero-order valence-electron chi connectivity index (χ0n) is 31.1. The fourth-order valence-corrected chi connectivity index (χ4v) is 7.66. The van der Waals surface area contributed by atoms with Gasteiger partial charge in [-0.2, -0.15) is 0 Å². The van der Waals surface area contributed by atoms with Crippen LogP contribution in [0.25, 0.3) is 83.6 Å². The molecule has 0 aliphatic carbocycles. The highest BCUT2D eigenvalue weighted by Crippen LogP contribution is 2.35. The van der Waals surface area contributed by atoms with Crippen molar-refractivity contribution in [3.05, 3.63) is 224 Å². The Morgan fingerprint density at radius 2 is 1.26 bits per heavy atom. The zero-order chi connectivity index (χ0) is 38.0. The Bertz CT molecular complexity index is 3120. The van der Waals surface area contributed by atoms with E-state index in [1.54, 1.807) is 0 Å². The van der Waals surface area contributed by atoms with Gasteiger partial charge in [0, 0.05) is 39.3 Å². The van der Waals surface area contributed by atoms with Crippen LogP contribution < -0.4 is 5.32 Å². The van der Waals surface area contributed by atoms with Gasteiger partial charge in [0.1, 0.15) is 5.52 Å². The van der Waals surface area contributed by atoms with Crippen LogP contribution in [-0.4, -0.2) is 9.55 Å². The summed E-state index contributed by atoms with van der Waals surface area (Å²) in [6.07, 6.45) is 10.6. The smallest absolute Gasteiger partial charge is 0.227 e. The predicted octanol–water partition coefficient (Wildman–Crippen LogP) is 14.1. The summed E-state index contributed by atoms with van der Waals surface area (Å²) < 4.78 is 8.67. The maximum Gasteiger partial charge on any atom is 0.227 e. The van der Waals surface area contributed by atoms with E-state index in [9.17, 15) is 0 Å². The fraction of sp³-hybridized carbons (Fsp3) is 0. The molecule has 0 radical (unpaired) electrons. The number of hydrogen-bond acceptors (Lipinski definition) is 3. The van der Waals surface area contributed by atoms with E-state index in [2.05, 4.69) is 186 Å². The van der Waals surface area contributed by atoms with Crippen LogP contribution in [0.3, 0.4) is 0 Å². The topological polar surface area (TPSA) is 43.0 Å². The molecular weight excluding hydrogens is 695 g/mol. The molecule has 4 heteroatoms. The quantitative estimate of drug-likeness (QED) is 0.150. The Morgan fingerprint density at radius 1 is 0.561 bits per heavy atom. The lowest BCUT2D eigenvalue weighted by Gasteiger charge is -2.07. The normalized spacial score (nSPS) is 12.2. The van der Waals surface area contributed by atoms with Crippen molar-refractivity contribution in [1.29, 1.82) is 0 Å². The summed E-state index contributed by atoms with van der Waals surface area (Å²) in [5, 5.41) is 8.11. The van der Waals surface area contributed by atoms with Gasteiger partial charge in [0.05, 0.1) is 11.0 Å². The molecule has 0 aliphatic rings. The Labute approximate surface area is 331 Å². The van der Waals surface area contributed by atoms with Crippen LogP contribution in [-0.2, 0) is 0 Å². The van der Waals surface area contributed by atoms with Gasteiger partial charge in [0.15, 0.2) is 5.58 Å². The van der Waals surface area contributed by atoms with Crippen LogP contribution in [0.15, 0.2) is 217 Å². The molecule has 0 atom stereocenters. The van der Waals surface area contributed by atoms with Crippen LogP contribution >= 0.6 is 0 Å². The molecule has 0 fully saturated rings. The highest BCUT2D eigenvalue weighted by molar-refractivity contribution is 6.10. The number of fused-ring (bicyclic) bond motifs is 6. The van der Waals surface area contributed by atoms with E-state index in [1.807, 2.05) is 42.6 Å². The molecule has 0 amide bonds. The van der Waals surface area contributed by atoms with Crippen molar-refractivity contribution in [2.24, 2.45) is 0 Å². The number of aromatic nitrogens is 2. The molecule has 57 heavy (non-hydrogen) atoms. The van der Waals surface area contributed by atoms with Gasteiger partial charge in [0.2, 0.25) is 5.89 Å². The number of anilines is 1. The minimum absolute atomic E-state index is 0.634. The molecule has 1 N–H and O–H groups in total. The predicted molar refractivity (Wildman–Crippen MR) is 239 cm³/mol. The third kappa shape index (κ3) is 6.70. The standard InChI is InChI=1S/C53H37N3O/c1-4-13-38(14-5-1)39(24-22-37-23-33-51-48(35-37)46-20-10-11-21-50(46)56(51)45-18-8-3-9-19-45)17-12-34-54-44-30-27-40(28-31-44)43-26-25-41-29-32-49-52(47(41)36-43)57-53(55-49)42-15-6-2-7-16-42/h1-36,54H/b24-22-,34-12+,39-17+. The van der Waals surface area contributed by atoms with Gasteiger partial charge >= 0.3 is 0 Å². The fourth-order valence-electron chi connectivity index (χ4n) is 7.66. The first-order valence-electron chi connectivity index (χ1n) is 19.2. The van der Waals surface area contributed by atoms with E-state index in [1.165, 1.54) is 21.8 Å². The molecule has 0 saturated carbocycles. The van der Waals surface area contributed by atoms with Gasteiger partial charge in [-0.3, -0.25) is 0 Å². The largest absolute Gasteiger partial charge is 0.435 e. The highest BCUT2D eigenvalue weighted by Gasteiger charge is 2.13. The third-order valence-electron chi connectivity index (χ3n) is 10.5. The van der Waals surface area contributed by atoms with Crippen molar-refractivity contribution in [3.8, 4) is 28.3 Å². The van der Waals surface area contributed by atoms with Crippen LogP contribution in [0.4, 0.5) is 5.69 Å². The summed E-state index contributed by atoms with van der Waals surface area (Å²) in [6, 6.07) is 65.7. The van der Waals surface area contributed by atoms with Crippen molar-refractivity contribution >= 4 is 61.0 Å². The van der Waals surface area contributed by atoms with Gasteiger partial charge in [0.25, 0.3) is 0 Å². The molecule has 4 nitrogen and oxygen atoms in total. The lowest BCUT2D eigenvalue weighted by molar-refractivity contribution is 0.623. The minimum Gasteiger partial charge on any atom is -0.435 e. The number of rotatable bonds is 9. The van der Waals surface area contributed by atoms with Gasteiger partial charge in [-0.15, -0.1) is 0 Å². The van der Waals surface area contributed by atoms with Gasteiger partial charge in [-0.25, -0.2) is 4.98 Å². The molecule has 0 unspecified atom stereocenters. The molecule has 270 valence electrons. The monoisotopic (exact) mass is 731 g/mol. The Balaban J connectivity index is 0.887. The second kappa shape index (κ2) is 14.9. The first-order valence-corrected chi connectivity index (χ1v) is 19.2. The average Bonchev–Trinajstić information content (AvgIpc) is 3.87. The van der Waals surface area contributed by atoms with Crippen molar-refractivity contribution in [2.45, 2.75) is 0 Å². The van der Waals surface area contributed by atoms with E-state index in [4.69, 9.17) is 9.40 Å². The van der Waals surface area contributed by atoms with Crippen molar-refractivity contribution in [3.63, 3.8) is 0 Å². The van der Waals surface area contributed by atoms with E-state index in [0.717, 1.165) is 66.6 Å². The summed E-state index contributed by atoms with van der Waals surface area (Å²) >= 11 is 0. The number of para-hydroxylation sites is 2. The SMILES string of the molecule is C(=C/c1ccc2c(c1)c1ccccc1n2-c1ccccc1)/C(=C\C=C\Nc1ccc(-c2ccc3ccc4nc(-c5ccccc5)oc4c3c2)cc1)c1ccccc1. The summed E-state index contributed by atoms with van der Waals surface area (Å²) in [6.45, 7) is 0. The number of oxazole rings is 1. The van der Waals surface area contributed by atoms with E-state index in [0.29, 0.717) is 5.89 Å².